The van der Waals surface area contributed by atoms with E-state index in [1.54, 1.807) is 0 Å². The molecule has 3 rings (SSSR count). The van der Waals surface area contributed by atoms with Crippen LogP contribution in [0.4, 0.5) is 0 Å². The van der Waals surface area contributed by atoms with Crippen molar-refractivity contribution in [1.82, 2.24) is 9.78 Å². The standard InChI is InChI=1S/C17H29N3/c1-12-9-16(20(2)19-12)11-17(18)15-8-7-13-5-3-4-6-14(13)10-15/h9,13-15,17H,3-8,10-11,18H2,1-2H3. The molecule has 2 aliphatic carbocycles. The lowest BCUT2D eigenvalue weighted by atomic mass is 9.66. The van der Waals surface area contributed by atoms with Crippen molar-refractivity contribution in [2.75, 3.05) is 0 Å². The van der Waals surface area contributed by atoms with Gasteiger partial charge in [0.05, 0.1) is 5.69 Å². The number of nitrogens with zero attached hydrogens (tertiary/aromatic N) is 2. The molecule has 0 radical (unpaired) electrons. The average molecular weight is 275 g/mol. The molecule has 4 atom stereocenters. The molecule has 0 saturated heterocycles. The van der Waals surface area contributed by atoms with Crippen LogP contribution in [-0.2, 0) is 13.5 Å². The Bertz CT molecular complexity index is 451. The van der Waals surface area contributed by atoms with Crippen molar-refractivity contribution in [2.24, 2.45) is 30.5 Å². The predicted molar refractivity (Wildman–Crippen MR) is 82.4 cm³/mol. The molecule has 2 N–H and O–H groups in total. The quantitative estimate of drug-likeness (QED) is 0.920. The number of fused-ring (bicyclic) bond motifs is 1. The summed E-state index contributed by atoms with van der Waals surface area (Å²) in [5.74, 6) is 2.72. The Morgan fingerprint density at radius 1 is 1.25 bits per heavy atom. The molecule has 0 bridgehead atoms. The normalized spacial score (nSPS) is 31.9. The molecular formula is C17H29N3. The van der Waals surface area contributed by atoms with Crippen molar-refractivity contribution < 1.29 is 0 Å². The van der Waals surface area contributed by atoms with Crippen LogP contribution in [0.3, 0.4) is 0 Å². The number of nitrogens with two attached hydrogens (primary N) is 1. The molecule has 3 nitrogen and oxygen atoms in total. The van der Waals surface area contributed by atoms with Gasteiger partial charge in [0.2, 0.25) is 0 Å². The molecule has 20 heavy (non-hydrogen) atoms. The number of rotatable bonds is 3. The van der Waals surface area contributed by atoms with Crippen molar-refractivity contribution in [3.8, 4) is 0 Å². The lowest BCUT2D eigenvalue weighted by molar-refractivity contribution is 0.117. The van der Waals surface area contributed by atoms with E-state index < -0.39 is 0 Å². The monoisotopic (exact) mass is 275 g/mol. The predicted octanol–water partition coefficient (Wildman–Crippen LogP) is 3.20. The van der Waals surface area contributed by atoms with Gasteiger partial charge in [-0.1, -0.05) is 25.7 Å². The van der Waals surface area contributed by atoms with Crippen molar-refractivity contribution in [2.45, 2.75) is 64.3 Å². The zero-order valence-corrected chi connectivity index (χ0v) is 13.0. The molecule has 2 aliphatic rings. The first-order valence-corrected chi connectivity index (χ1v) is 8.38. The second kappa shape index (κ2) is 5.88. The molecule has 4 unspecified atom stereocenters. The van der Waals surface area contributed by atoms with Crippen LogP contribution in [0, 0.1) is 24.7 Å². The summed E-state index contributed by atoms with van der Waals surface area (Å²) in [4.78, 5) is 0. The van der Waals surface area contributed by atoms with E-state index in [4.69, 9.17) is 5.73 Å². The summed E-state index contributed by atoms with van der Waals surface area (Å²) in [5, 5.41) is 4.44. The highest BCUT2D eigenvalue weighted by molar-refractivity contribution is 5.10. The highest BCUT2D eigenvalue weighted by atomic mass is 15.3. The Balaban J connectivity index is 1.60. The first-order chi connectivity index (χ1) is 9.63. The zero-order valence-electron chi connectivity index (χ0n) is 13.0. The fraction of sp³-hybridized carbons (Fsp3) is 0.824. The van der Waals surface area contributed by atoms with E-state index in [1.807, 2.05) is 11.7 Å². The van der Waals surface area contributed by atoms with Gasteiger partial charge in [-0.25, -0.2) is 0 Å². The summed E-state index contributed by atoms with van der Waals surface area (Å²) in [6.07, 6.45) is 11.0. The van der Waals surface area contributed by atoms with E-state index >= 15 is 0 Å². The lowest BCUT2D eigenvalue weighted by Crippen LogP contribution is -2.39. The third-order valence-corrected chi connectivity index (χ3v) is 5.73. The van der Waals surface area contributed by atoms with E-state index in [-0.39, 0.29) is 0 Å². The first kappa shape index (κ1) is 14.1. The SMILES string of the molecule is Cc1cc(CC(N)C2CCC3CCCCC3C2)n(C)n1. The van der Waals surface area contributed by atoms with Gasteiger partial charge in [-0.05, 0) is 50.0 Å². The lowest BCUT2D eigenvalue weighted by Gasteiger charge is -2.41. The molecule has 2 fully saturated rings. The highest BCUT2D eigenvalue weighted by Crippen LogP contribution is 2.43. The average Bonchev–Trinajstić information content (AvgIpc) is 2.76. The molecule has 0 amide bonds. The maximum Gasteiger partial charge on any atom is 0.0596 e. The molecule has 1 heterocycles. The largest absolute Gasteiger partial charge is 0.327 e. The maximum atomic E-state index is 6.54. The Labute approximate surface area is 122 Å². The maximum absolute atomic E-state index is 6.54. The van der Waals surface area contributed by atoms with Gasteiger partial charge in [-0.2, -0.15) is 5.10 Å². The third-order valence-electron chi connectivity index (χ3n) is 5.73. The van der Waals surface area contributed by atoms with Crippen LogP contribution in [0.1, 0.15) is 56.3 Å². The van der Waals surface area contributed by atoms with Crippen LogP contribution in [0.25, 0.3) is 0 Å². The molecule has 112 valence electrons. The van der Waals surface area contributed by atoms with E-state index in [0.29, 0.717) is 6.04 Å². The molecular weight excluding hydrogens is 246 g/mol. The Morgan fingerprint density at radius 2 is 2.00 bits per heavy atom. The van der Waals surface area contributed by atoms with Crippen molar-refractivity contribution in [3.63, 3.8) is 0 Å². The highest BCUT2D eigenvalue weighted by Gasteiger charge is 2.34. The van der Waals surface area contributed by atoms with E-state index in [2.05, 4.69) is 18.1 Å². The third kappa shape index (κ3) is 2.93. The van der Waals surface area contributed by atoms with Crippen molar-refractivity contribution >= 4 is 0 Å². The van der Waals surface area contributed by atoms with Gasteiger partial charge in [0.25, 0.3) is 0 Å². The second-order valence-electron chi connectivity index (χ2n) is 7.15. The van der Waals surface area contributed by atoms with Crippen LogP contribution >= 0.6 is 0 Å². The zero-order chi connectivity index (χ0) is 14.1. The molecule has 0 aromatic carbocycles. The second-order valence-corrected chi connectivity index (χ2v) is 7.15. The van der Waals surface area contributed by atoms with Gasteiger partial charge in [0, 0.05) is 25.2 Å². The minimum absolute atomic E-state index is 0.313. The summed E-state index contributed by atoms with van der Waals surface area (Å²) < 4.78 is 2.00. The van der Waals surface area contributed by atoms with Gasteiger partial charge < -0.3 is 5.73 Å². The van der Waals surface area contributed by atoms with Crippen LogP contribution in [0.2, 0.25) is 0 Å². The number of hydrogen-bond acceptors (Lipinski definition) is 2. The van der Waals surface area contributed by atoms with Crippen molar-refractivity contribution in [3.05, 3.63) is 17.5 Å². The smallest absolute Gasteiger partial charge is 0.0596 e. The van der Waals surface area contributed by atoms with Crippen LogP contribution < -0.4 is 5.73 Å². The van der Waals surface area contributed by atoms with Gasteiger partial charge in [0.15, 0.2) is 0 Å². The molecule has 0 spiro atoms. The van der Waals surface area contributed by atoms with Crippen molar-refractivity contribution in [1.29, 1.82) is 0 Å². The van der Waals surface area contributed by atoms with E-state index in [1.165, 1.54) is 50.6 Å². The minimum atomic E-state index is 0.313. The summed E-state index contributed by atoms with van der Waals surface area (Å²) >= 11 is 0. The van der Waals surface area contributed by atoms with E-state index in [0.717, 1.165) is 29.9 Å². The fourth-order valence-corrected chi connectivity index (χ4v) is 4.56. The molecule has 1 aromatic rings. The van der Waals surface area contributed by atoms with Gasteiger partial charge in [-0.15, -0.1) is 0 Å². The number of aromatic nitrogens is 2. The Morgan fingerprint density at radius 3 is 2.70 bits per heavy atom. The van der Waals surface area contributed by atoms with Gasteiger partial charge in [-0.3, -0.25) is 4.68 Å². The summed E-state index contributed by atoms with van der Waals surface area (Å²) in [6, 6.07) is 2.50. The summed E-state index contributed by atoms with van der Waals surface area (Å²) in [7, 11) is 2.03. The molecule has 3 heteroatoms. The Kier molecular flexibility index (Phi) is 4.16. The number of aryl methyl sites for hydroxylation is 2. The topological polar surface area (TPSA) is 43.8 Å². The minimum Gasteiger partial charge on any atom is -0.327 e. The van der Waals surface area contributed by atoms with Crippen LogP contribution in [0.5, 0.6) is 0 Å². The Hall–Kier alpha value is -0.830. The van der Waals surface area contributed by atoms with Crippen LogP contribution in [0.15, 0.2) is 6.07 Å². The van der Waals surface area contributed by atoms with Crippen LogP contribution in [-0.4, -0.2) is 15.8 Å². The molecule has 1 aromatic heterocycles. The summed E-state index contributed by atoms with van der Waals surface area (Å²) in [5.41, 5.74) is 8.93. The number of hydrogen-bond donors (Lipinski definition) is 1. The molecule has 0 aliphatic heterocycles. The van der Waals surface area contributed by atoms with Gasteiger partial charge >= 0.3 is 0 Å². The molecule has 2 saturated carbocycles. The fourth-order valence-electron chi connectivity index (χ4n) is 4.56. The van der Waals surface area contributed by atoms with Gasteiger partial charge in [0.1, 0.15) is 0 Å². The summed E-state index contributed by atoms with van der Waals surface area (Å²) in [6.45, 7) is 2.06. The first-order valence-electron chi connectivity index (χ1n) is 8.38. The van der Waals surface area contributed by atoms with E-state index in [9.17, 15) is 0 Å².